The quantitative estimate of drug-likeness (QED) is 0.711. The lowest BCUT2D eigenvalue weighted by molar-refractivity contribution is 0.601. The third-order valence-corrected chi connectivity index (χ3v) is 3.60. The van der Waals surface area contributed by atoms with E-state index in [0.29, 0.717) is 5.69 Å². The maximum atomic E-state index is 11.9. The molecule has 0 aliphatic rings. The zero-order valence-electron chi connectivity index (χ0n) is 9.92. The maximum absolute atomic E-state index is 11.9. The summed E-state index contributed by atoms with van der Waals surface area (Å²) >= 11 is 0. The molecule has 0 aliphatic heterocycles. The molecule has 98 valence electrons. The van der Waals surface area contributed by atoms with Crippen LogP contribution in [0.25, 0.3) is 0 Å². The molecule has 0 atom stereocenters. The summed E-state index contributed by atoms with van der Waals surface area (Å²) < 4.78 is 26.3. The van der Waals surface area contributed by atoms with E-state index in [1.54, 1.807) is 24.3 Å². The molecule has 6 nitrogen and oxygen atoms in total. The second-order valence-corrected chi connectivity index (χ2v) is 5.31. The molecule has 0 unspecified atom stereocenters. The van der Waals surface area contributed by atoms with Crippen LogP contribution in [0.4, 0.5) is 5.69 Å². The Labute approximate surface area is 111 Å². The van der Waals surface area contributed by atoms with Crippen LogP contribution in [0.3, 0.4) is 0 Å². The number of hydrogen-bond donors (Lipinski definition) is 3. The number of H-pyrrole nitrogens is 1. The van der Waals surface area contributed by atoms with Crippen LogP contribution in [0, 0.1) is 11.8 Å². The Morgan fingerprint density at radius 1 is 1.32 bits per heavy atom. The first kappa shape index (κ1) is 13.1. The fourth-order valence-corrected chi connectivity index (χ4v) is 2.34. The molecule has 19 heavy (non-hydrogen) atoms. The Balaban J connectivity index is 2.16. The van der Waals surface area contributed by atoms with Gasteiger partial charge in [-0.05, 0) is 24.3 Å². The van der Waals surface area contributed by atoms with Gasteiger partial charge in [-0.25, -0.2) is 8.42 Å². The van der Waals surface area contributed by atoms with Crippen molar-refractivity contribution in [3.8, 4) is 11.8 Å². The zero-order chi connectivity index (χ0) is 13.7. The van der Waals surface area contributed by atoms with E-state index in [0.717, 1.165) is 5.56 Å². The standard InChI is InChI=1S/C12H12N4O2S/c13-7-1-2-10-3-5-11(6-4-10)16-19(17,18)12-8-14-15-9-12/h3-6,8-9,16H,7,13H2,(H,14,15). The molecule has 0 bridgehead atoms. The second-order valence-electron chi connectivity index (χ2n) is 3.62. The van der Waals surface area contributed by atoms with Crippen LogP contribution in [0.2, 0.25) is 0 Å². The lowest BCUT2D eigenvalue weighted by Crippen LogP contribution is -2.12. The highest BCUT2D eigenvalue weighted by atomic mass is 32.2. The van der Waals surface area contributed by atoms with Crippen LogP contribution >= 0.6 is 0 Å². The van der Waals surface area contributed by atoms with E-state index in [4.69, 9.17) is 5.73 Å². The minimum absolute atomic E-state index is 0.0829. The van der Waals surface area contributed by atoms with E-state index >= 15 is 0 Å². The average molecular weight is 276 g/mol. The van der Waals surface area contributed by atoms with Crippen molar-refractivity contribution in [1.29, 1.82) is 0 Å². The van der Waals surface area contributed by atoms with Gasteiger partial charge < -0.3 is 5.73 Å². The number of nitrogens with zero attached hydrogens (tertiary/aromatic N) is 1. The van der Waals surface area contributed by atoms with E-state index in [-0.39, 0.29) is 11.4 Å². The Kier molecular flexibility index (Phi) is 3.85. The van der Waals surface area contributed by atoms with Crippen LogP contribution in [0.15, 0.2) is 41.6 Å². The Bertz CT molecular complexity index is 694. The Morgan fingerprint density at radius 2 is 2.05 bits per heavy atom. The van der Waals surface area contributed by atoms with Gasteiger partial charge in [-0.1, -0.05) is 11.8 Å². The highest BCUT2D eigenvalue weighted by Gasteiger charge is 2.14. The lowest BCUT2D eigenvalue weighted by atomic mass is 10.2. The number of aromatic amines is 1. The third-order valence-electron chi connectivity index (χ3n) is 2.26. The van der Waals surface area contributed by atoms with E-state index < -0.39 is 10.0 Å². The van der Waals surface area contributed by atoms with Gasteiger partial charge in [-0.15, -0.1) is 0 Å². The van der Waals surface area contributed by atoms with Crippen molar-refractivity contribution in [3.05, 3.63) is 42.2 Å². The number of anilines is 1. The van der Waals surface area contributed by atoms with Gasteiger partial charge in [0.25, 0.3) is 10.0 Å². The number of benzene rings is 1. The first-order valence-electron chi connectivity index (χ1n) is 5.42. The number of rotatable bonds is 3. The predicted octanol–water partition coefficient (Wildman–Crippen LogP) is 0.521. The molecule has 1 aromatic carbocycles. The minimum Gasteiger partial charge on any atom is -0.320 e. The molecule has 0 spiro atoms. The molecule has 4 N–H and O–H groups in total. The highest BCUT2D eigenvalue weighted by Crippen LogP contribution is 2.15. The predicted molar refractivity (Wildman–Crippen MR) is 71.8 cm³/mol. The summed E-state index contributed by atoms with van der Waals surface area (Å²) in [6.45, 7) is 0.287. The molecule has 0 amide bonds. The van der Waals surface area contributed by atoms with E-state index in [1.807, 2.05) is 0 Å². The van der Waals surface area contributed by atoms with Crippen molar-refractivity contribution in [1.82, 2.24) is 10.2 Å². The fraction of sp³-hybridized carbons (Fsp3) is 0.0833. The summed E-state index contributed by atoms with van der Waals surface area (Å²) in [4.78, 5) is 0.0829. The van der Waals surface area contributed by atoms with Gasteiger partial charge in [-0.3, -0.25) is 9.82 Å². The number of sulfonamides is 1. The SMILES string of the molecule is NCC#Cc1ccc(NS(=O)(=O)c2cn[nH]c2)cc1. The first-order valence-corrected chi connectivity index (χ1v) is 6.91. The van der Waals surface area contributed by atoms with Gasteiger partial charge in [0, 0.05) is 17.4 Å². The normalized spacial score (nSPS) is 10.6. The van der Waals surface area contributed by atoms with Gasteiger partial charge >= 0.3 is 0 Å². The molecule has 1 aromatic heterocycles. The summed E-state index contributed by atoms with van der Waals surface area (Å²) in [6, 6.07) is 6.71. The summed E-state index contributed by atoms with van der Waals surface area (Å²) in [6.07, 6.45) is 2.55. The van der Waals surface area contributed by atoms with Crippen molar-refractivity contribution in [2.45, 2.75) is 4.90 Å². The van der Waals surface area contributed by atoms with E-state index in [9.17, 15) is 8.42 Å². The van der Waals surface area contributed by atoms with Gasteiger partial charge in [0.05, 0.1) is 12.7 Å². The highest BCUT2D eigenvalue weighted by molar-refractivity contribution is 7.92. The molecule has 1 heterocycles. The van der Waals surface area contributed by atoms with Gasteiger partial charge in [0.1, 0.15) is 4.90 Å². The molecule has 0 radical (unpaired) electrons. The molecule has 0 saturated heterocycles. The van der Waals surface area contributed by atoms with Crippen molar-refractivity contribution in [3.63, 3.8) is 0 Å². The van der Waals surface area contributed by atoms with Crippen LogP contribution in [-0.4, -0.2) is 25.2 Å². The maximum Gasteiger partial charge on any atom is 0.265 e. The minimum atomic E-state index is -3.60. The Hall–Kier alpha value is -2.30. The topological polar surface area (TPSA) is 101 Å². The number of nitrogens with two attached hydrogens (primary N) is 1. The molecular weight excluding hydrogens is 264 g/mol. The number of aromatic nitrogens is 2. The summed E-state index contributed by atoms with van der Waals surface area (Å²) in [5.74, 6) is 5.58. The number of nitrogens with one attached hydrogen (secondary N) is 2. The van der Waals surface area contributed by atoms with Crippen molar-refractivity contribution in [2.75, 3.05) is 11.3 Å². The smallest absolute Gasteiger partial charge is 0.265 e. The van der Waals surface area contributed by atoms with Crippen LogP contribution in [0.5, 0.6) is 0 Å². The van der Waals surface area contributed by atoms with Gasteiger partial charge in [-0.2, -0.15) is 5.10 Å². The largest absolute Gasteiger partial charge is 0.320 e. The average Bonchev–Trinajstić information content (AvgIpc) is 2.92. The van der Waals surface area contributed by atoms with Crippen molar-refractivity contribution >= 4 is 15.7 Å². The zero-order valence-corrected chi connectivity index (χ0v) is 10.7. The number of hydrogen-bond acceptors (Lipinski definition) is 4. The summed E-state index contributed by atoms with van der Waals surface area (Å²) in [5, 5.41) is 6.06. The van der Waals surface area contributed by atoms with Crippen LogP contribution < -0.4 is 10.5 Å². The molecule has 7 heteroatoms. The summed E-state index contributed by atoms with van der Waals surface area (Å²) in [7, 11) is -3.60. The van der Waals surface area contributed by atoms with E-state index in [1.165, 1.54) is 12.4 Å². The second kappa shape index (κ2) is 5.56. The molecule has 0 fully saturated rings. The molecule has 2 aromatic rings. The van der Waals surface area contributed by atoms with Gasteiger partial charge in [0.15, 0.2) is 0 Å². The lowest BCUT2D eigenvalue weighted by Gasteiger charge is -2.05. The molecule has 0 aliphatic carbocycles. The van der Waals surface area contributed by atoms with Gasteiger partial charge in [0.2, 0.25) is 0 Å². The monoisotopic (exact) mass is 276 g/mol. The fourth-order valence-electron chi connectivity index (χ4n) is 1.37. The molecular formula is C12H12N4O2S. The molecule has 2 rings (SSSR count). The van der Waals surface area contributed by atoms with E-state index in [2.05, 4.69) is 26.8 Å². The summed E-state index contributed by atoms with van der Waals surface area (Å²) in [5.41, 5.74) is 6.50. The van der Waals surface area contributed by atoms with Crippen molar-refractivity contribution < 1.29 is 8.42 Å². The van der Waals surface area contributed by atoms with Crippen LogP contribution in [0.1, 0.15) is 5.56 Å². The first-order chi connectivity index (χ1) is 9.12. The Morgan fingerprint density at radius 3 is 2.63 bits per heavy atom. The van der Waals surface area contributed by atoms with Crippen LogP contribution in [-0.2, 0) is 10.0 Å². The van der Waals surface area contributed by atoms with Crippen molar-refractivity contribution in [2.24, 2.45) is 5.73 Å². The molecule has 0 saturated carbocycles. The third kappa shape index (κ3) is 3.34.